The number of ether oxygens (including phenoxy) is 2. The molecule has 1 heterocycles. The largest absolute Gasteiger partial charge is 0.508 e. The Hall–Kier alpha value is -4.33. The SMILES string of the molecule is CCn1c(CCCc2ccc(-c3ccc(OC)c(CC(=O)OC)c3)cc2O)nn(Cc2ccc(C(C)(C)C)cc2)c1=O. The van der Waals surface area contributed by atoms with Gasteiger partial charge in [0.25, 0.3) is 0 Å². The zero-order chi connectivity index (χ0) is 30.4. The van der Waals surface area contributed by atoms with Crippen LogP contribution in [-0.2, 0) is 47.3 Å². The minimum Gasteiger partial charge on any atom is -0.508 e. The molecular formula is C34H41N3O5. The van der Waals surface area contributed by atoms with Crippen LogP contribution in [0.4, 0.5) is 0 Å². The molecule has 1 N–H and O–H groups in total. The lowest BCUT2D eigenvalue weighted by atomic mass is 9.87. The molecule has 222 valence electrons. The summed E-state index contributed by atoms with van der Waals surface area (Å²) >= 11 is 0. The van der Waals surface area contributed by atoms with Crippen LogP contribution in [0.25, 0.3) is 11.1 Å². The zero-order valence-electron chi connectivity index (χ0n) is 25.4. The van der Waals surface area contributed by atoms with E-state index >= 15 is 0 Å². The lowest BCUT2D eigenvalue weighted by Crippen LogP contribution is -2.25. The number of phenols is 1. The molecule has 0 aliphatic carbocycles. The summed E-state index contributed by atoms with van der Waals surface area (Å²) < 4.78 is 13.5. The molecule has 0 amide bonds. The number of aromatic hydroxyl groups is 1. The fourth-order valence-corrected chi connectivity index (χ4v) is 5.09. The number of phenolic OH excluding ortho intramolecular Hbond substituents is 1. The van der Waals surface area contributed by atoms with Gasteiger partial charge in [-0.2, -0.15) is 5.10 Å². The topological polar surface area (TPSA) is 95.6 Å². The van der Waals surface area contributed by atoms with Crippen LogP contribution in [0.15, 0.2) is 65.5 Å². The van der Waals surface area contributed by atoms with Gasteiger partial charge in [0.05, 0.1) is 27.2 Å². The van der Waals surface area contributed by atoms with Crippen LogP contribution >= 0.6 is 0 Å². The normalized spacial score (nSPS) is 11.5. The summed E-state index contributed by atoms with van der Waals surface area (Å²) in [7, 11) is 2.92. The predicted octanol–water partition coefficient (Wildman–Crippen LogP) is 5.68. The highest BCUT2D eigenvalue weighted by atomic mass is 16.5. The third-order valence-electron chi connectivity index (χ3n) is 7.58. The van der Waals surface area contributed by atoms with Gasteiger partial charge >= 0.3 is 11.7 Å². The fraction of sp³-hybridized carbons (Fsp3) is 0.382. The molecule has 42 heavy (non-hydrogen) atoms. The van der Waals surface area contributed by atoms with Crippen LogP contribution in [0, 0.1) is 0 Å². The molecule has 0 aliphatic rings. The third kappa shape index (κ3) is 7.11. The van der Waals surface area contributed by atoms with Gasteiger partial charge < -0.3 is 14.6 Å². The molecule has 0 unspecified atom stereocenters. The first kappa shape index (κ1) is 30.6. The fourth-order valence-electron chi connectivity index (χ4n) is 5.09. The molecular weight excluding hydrogens is 530 g/mol. The van der Waals surface area contributed by atoms with E-state index in [0.29, 0.717) is 37.2 Å². The lowest BCUT2D eigenvalue weighted by molar-refractivity contribution is -0.139. The second kappa shape index (κ2) is 13.1. The molecule has 8 heteroatoms. The van der Waals surface area contributed by atoms with Crippen molar-refractivity contribution in [2.75, 3.05) is 14.2 Å². The summed E-state index contributed by atoms with van der Waals surface area (Å²) in [6.45, 7) is 9.48. The Morgan fingerprint density at radius 1 is 0.929 bits per heavy atom. The summed E-state index contributed by atoms with van der Waals surface area (Å²) in [5, 5.41) is 15.5. The van der Waals surface area contributed by atoms with Crippen LogP contribution in [0.5, 0.6) is 11.5 Å². The van der Waals surface area contributed by atoms with Crippen molar-refractivity contribution in [3.05, 3.63) is 99.2 Å². The van der Waals surface area contributed by atoms with E-state index in [4.69, 9.17) is 9.47 Å². The summed E-state index contributed by atoms with van der Waals surface area (Å²) in [4.78, 5) is 24.9. The lowest BCUT2D eigenvalue weighted by Gasteiger charge is -2.19. The van der Waals surface area contributed by atoms with E-state index in [2.05, 4.69) is 50.1 Å². The number of benzene rings is 3. The number of esters is 1. The van der Waals surface area contributed by atoms with Crippen molar-refractivity contribution in [1.82, 2.24) is 14.3 Å². The number of carbonyl (C=O) groups excluding carboxylic acids is 1. The van der Waals surface area contributed by atoms with Crippen LogP contribution in [-0.4, -0.2) is 39.6 Å². The molecule has 4 rings (SSSR count). The average Bonchev–Trinajstić information content (AvgIpc) is 3.26. The number of hydrogen-bond acceptors (Lipinski definition) is 6. The molecule has 1 aromatic heterocycles. The van der Waals surface area contributed by atoms with Crippen LogP contribution in [0.2, 0.25) is 0 Å². The second-order valence-electron chi connectivity index (χ2n) is 11.5. The van der Waals surface area contributed by atoms with Gasteiger partial charge in [0.15, 0.2) is 0 Å². The van der Waals surface area contributed by atoms with Crippen LogP contribution in [0.1, 0.15) is 62.2 Å². The van der Waals surface area contributed by atoms with E-state index in [1.807, 2.05) is 37.3 Å². The molecule has 0 radical (unpaired) electrons. The second-order valence-corrected chi connectivity index (χ2v) is 11.5. The van der Waals surface area contributed by atoms with Crippen molar-refractivity contribution >= 4 is 5.97 Å². The molecule has 0 aliphatic heterocycles. The van der Waals surface area contributed by atoms with Gasteiger partial charge in [0, 0.05) is 18.5 Å². The van der Waals surface area contributed by atoms with Gasteiger partial charge in [-0.15, -0.1) is 0 Å². The van der Waals surface area contributed by atoms with E-state index in [9.17, 15) is 14.7 Å². The Bertz CT molecular complexity index is 1590. The number of aromatic nitrogens is 3. The van der Waals surface area contributed by atoms with Crippen LogP contribution < -0.4 is 10.4 Å². The Morgan fingerprint density at radius 3 is 2.24 bits per heavy atom. The molecule has 0 bridgehead atoms. The van der Waals surface area contributed by atoms with Crippen molar-refractivity contribution in [3.63, 3.8) is 0 Å². The van der Waals surface area contributed by atoms with Crippen molar-refractivity contribution < 1.29 is 19.4 Å². The van der Waals surface area contributed by atoms with E-state index in [0.717, 1.165) is 34.5 Å². The van der Waals surface area contributed by atoms with Gasteiger partial charge in [-0.05, 0) is 71.2 Å². The Morgan fingerprint density at radius 2 is 1.62 bits per heavy atom. The first-order valence-electron chi connectivity index (χ1n) is 14.4. The molecule has 0 saturated carbocycles. The van der Waals surface area contributed by atoms with Crippen molar-refractivity contribution in [2.24, 2.45) is 0 Å². The number of carbonyl (C=O) groups is 1. The van der Waals surface area contributed by atoms with Crippen molar-refractivity contribution in [2.45, 2.75) is 71.9 Å². The Balaban J connectivity index is 1.44. The molecule has 0 atom stereocenters. The molecule has 4 aromatic rings. The minimum atomic E-state index is -0.350. The summed E-state index contributed by atoms with van der Waals surface area (Å²) in [5.74, 6) is 1.21. The van der Waals surface area contributed by atoms with Gasteiger partial charge in [0.2, 0.25) is 0 Å². The Labute approximate surface area is 247 Å². The van der Waals surface area contributed by atoms with Crippen LogP contribution in [0.3, 0.4) is 0 Å². The first-order chi connectivity index (χ1) is 20.0. The number of rotatable bonds is 11. The highest BCUT2D eigenvalue weighted by Gasteiger charge is 2.16. The highest BCUT2D eigenvalue weighted by molar-refractivity contribution is 5.75. The van der Waals surface area contributed by atoms with Crippen molar-refractivity contribution in [3.8, 4) is 22.6 Å². The quantitative estimate of drug-likeness (QED) is 0.233. The number of nitrogens with zero attached hydrogens (tertiary/aromatic N) is 3. The standard InChI is InChI=1S/C34H41N3O5/c1-7-36-31(35-37(33(36)40)22-23-11-16-28(17-12-23)34(2,3)4)10-8-9-24-13-14-26(20-29(24)38)25-15-18-30(41-5)27(19-25)21-32(39)42-6/h11-20,38H,7-10,21-22H2,1-6H3. The predicted molar refractivity (Wildman–Crippen MR) is 164 cm³/mol. The number of hydrogen-bond donors (Lipinski definition) is 1. The Kier molecular flexibility index (Phi) is 9.55. The number of aryl methyl sites for hydroxylation is 2. The minimum absolute atomic E-state index is 0.0754. The van der Waals surface area contributed by atoms with Gasteiger partial charge in [-0.25, -0.2) is 9.48 Å². The highest BCUT2D eigenvalue weighted by Crippen LogP contribution is 2.31. The average molecular weight is 572 g/mol. The van der Waals surface area contributed by atoms with Crippen molar-refractivity contribution in [1.29, 1.82) is 0 Å². The maximum absolute atomic E-state index is 13.0. The molecule has 0 saturated heterocycles. The first-order valence-corrected chi connectivity index (χ1v) is 14.4. The maximum Gasteiger partial charge on any atom is 0.346 e. The van der Waals surface area contributed by atoms with E-state index in [1.165, 1.54) is 12.7 Å². The maximum atomic E-state index is 13.0. The molecule has 3 aromatic carbocycles. The smallest absolute Gasteiger partial charge is 0.346 e. The monoisotopic (exact) mass is 571 g/mol. The van der Waals surface area contributed by atoms with E-state index in [1.54, 1.807) is 22.4 Å². The number of methoxy groups -OCH3 is 2. The molecule has 8 nitrogen and oxygen atoms in total. The van der Waals surface area contributed by atoms with Gasteiger partial charge in [-0.3, -0.25) is 9.36 Å². The van der Waals surface area contributed by atoms with Gasteiger partial charge in [0.1, 0.15) is 17.3 Å². The van der Waals surface area contributed by atoms with E-state index < -0.39 is 0 Å². The third-order valence-corrected chi connectivity index (χ3v) is 7.58. The molecule has 0 spiro atoms. The zero-order valence-corrected chi connectivity index (χ0v) is 25.4. The van der Waals surface area contributed by atoms with E-state index in [-0.39, 0.29) is 29.2 Å². The summed E-state index contributed by atoms with van der Waals surface area (Å²) in [5.41, 5.74) is 5.50. The summed E-state index contributed by atoms with van der Waals surface area (Å²) in [6, 6.07) is 19.6. The molecule has 0 fully saturated rings. The summed E-state index contributed by atoms with van der Waals surface area (Å²) in [6.07, 6.45) is 2.09. The van der Waals surface area contributed by atoms with Gasteiger partial charge in [-0.1, -0.05) is 63.2 Å².